The van der Waals surface area contributed by atoms with Gasteiger partial charge in [-0.3, -0.25) is 4.79 Å². The average Bonchev–Trinajstić information content (AvgIpc) is 2.54. The Labute approximate surface area is 165 Å². The number of halogens is 3. The highest BCUT2D eigenvalue weighted by Crippen LogP contribution is 2.25. The van der Waals surface area contributed by atoms with Crippen LogP contribution in [0.5, 0.6) is 0 Å². The summed E-state index contributed by atoms with van der Waals surface area (Å²) in [6, 6.07) is 9.60. The number of sulfonamides is 1. The van der Waals surface area contributed by atoms with Gasteiger partial charge in [-0.05, 0) is 43.3 Å². The monoisotopic (exact) mass is 435 g/mol. The van der Waals surface area contributed by atoms with Crippen molar-refractivity contribution >= 4 is 56.7 Å². The largest absolute Gasteiger partial charge is 0.449 e. The van der Waals surface area contributed by atoms with E-state index in [1.54, 1.807) is 0 Å². The molecular weight excluding hydrogens is 425 g/mol. The van der Waals surface area contributed by atoms with Gasteiger partial charge in [0.25, 0.3) is 15.9 Å². The summed E-state index contributed by atoms with van der Waals surface area (Å²) in [7, 11) is -4.14. The van der Waals surface area contributed by atoms with Gasteiger partial charge in [-0.25, -0.2) is 17.9 Å². The number of ether oxygens (including phenoxy) is 1. The topological polar surface area (TPSA) is 89.5 Å². The third-order valence-electron chi connectivity index (χ3n) is 3.18. The molecular formula is C16H12Cl3NO5S. The highest BCUT2D eigenvalue weighted by molar-refractivity contribution is 7.90. The van der Waals surface area contributed by atoms with E-state index in [1.165, 1.54) is 49.4 Å². The van der Waals surface area contributed by atoms with E-state index in [9.17, 15) is 18.0 Å². The van der Waals surface area contributed by atoms with Crippen LogP contribution >= 0.6 is 34.8 Å². The third-order valence-corrected chi connectivity index (χ3v) is 5.42. The number of amides is 1. The first-order valence-corrected chi connectivity index (χ1v) is 9.71. The molecule has 0 aromatic heterocycles. The molecule has 0 saturated carbocycles. The molecule has 2 aromatic carbocycles. The zero-order chi connectivity index (χ0) is 19.5. The van der Waals surface area contributed by atoms with Crippen LogP contribution in [0, 0.1) is 0 Å². The van der Waals surface area contributed by atoms with Crippen LogP contribution in [-0.4, -0.2) is 26.4 Å². The molecule has 0 aliphatic carbocycles. The molecule has 1 N–H and O–H groups in total. The number of carbonyl (C=O) groups is 2. The predicted molar refractivity (Wildman–Crippen MR) is 98.1 cm³/mol. The molecule has 1 amide bonds. The van der Waals surface area contributed by atoms with Gasteiger partial charge in [-0.1, -0.05) is 40.9 Å². The van der Waals surface area contributed by atoms with Crippen LogP contribution in [0.25, 0.3) is 0 Å². The maximum absolute atomic E-state index is 12.2. The average molecular weight is 437 g/mol. The van der Waals surface area contributed by atoms with Crippen molar-refractivity contribution < 1.29 is 22.7 Å². The summed E-state index contributed by atoms with van der Waals surface area (Å²) in [6.45, 7) is 1.22. The highest BCUT2D eigenvalue weighted by atomic mass is 35.5. The van der Waals surface area contributed by atoms with E-state index in [2.05, 4.69) is 0 Å². The number of hydrogen-bond donors (Lipinski definition) is 1. The van der Waals surface area contributed by atoms with Crippen LogP contribution in [-0.2, 0) is 19.6 Å². The molecule has 138 valence electrons. The standard InChI is InChI=1S/C16H12Cl3NO5S/c1-9(25-16(22)14-12(18)3-2-4-13(14)19)15(21)20-26(23,24)11-7-5-10(17)6-8-11/h2-9H,1H3,(H,20,21). The quantitative estimate of drug-likeness (QED) is 0.722. The Kier molecular flexibility index (Phi) is 6.52. The molecule has 2 aromatic rings. The normalized spacial score (nSPS) is 12.3. The van der Waals surface area contributed by atoms with E-state index in [4.69, 9.17) is 39.5 Å². The first-order valence-electron chi connectivity index (χ1n) is 7.09. The fraction of sp³-hybridized carbons (Fsp3) is 0.125. The van der Waals surface area contributed by atoms with Crippen molar-refractivity contribution in [2.75, 3.05) is 0 Å². The van der Waals surface area contributed by atoms with Crippen LogP contribution in [0.2, 0.25) is 15.1 Å². The second-order valence-corrected chi connectivity index (χ2v) is 8.00. The number of esters is 1. The lowest BCUT2D eigenvalue weighted by molar-refractivity contribution is -0.127. The van der Waals surface area contributed by atoms with E-state index in [1.807, 2.05) is 4.72 Å². The summed E-state index contributed by atoms with van der Waals surface area (Å²) >= 11 is 17.5. The van der Waals surface area contributed by atoms with Crippen molar-refractivity contribution in [1.82, 2.24) is 4.72 Å². The Morgan fingerprint density at radius 3 is 2.08 bits per heavy atom. The second-order valence-electron chi connectivity index (χ2n) is 5.07. The Morgan fingerprint density at radius 2 is 1.54 bits per heavy atom. The predicted octanol–water partition coefficient (Wildman–Crippen LogP) is 3.70. The van der Waals surface area contributed by atoms with Gasteiger partial charge in [0.2, 0.25) is 0 Å². The van der Waals surface area contributed by atoms with Gasteiger partial charge in [0.15, 0.2) is 6.10 Å². The second kappa shape index (κ2) is 8.26. The summed E-state index contributed by atoms with van der Waals surface area (Å²) in [5, 5.41) is 0.432. The van der Waals surface area contributed by atoms with Gasteiger partial charge >= 0.3 is 5.97 Å². The van der Waals surface area contributed by atoms with Crippen molar-refractivity contribution in [2.45, 2.75) is 17.9 Å². The first-order chi connectivity index (χ1) is 12.1. The minimum absolute atomic E-state index is 0.0453. The molecule has 0 radical (unpaired) electrons. The minimum atomic E-state index is -4.14. The summed E-state index contributed by atoms with van der Waals surface area (Å²) in [5.41, 5.74) is -0.115. The van der Waals surface area contributed by atoms with E-state index < -0.39 is 28.0 Å². The molecule has 26 heavy (non-hydrogen) atoms. The number of rotatable bonds is 5. The fourth-order valence-corrected chi connectivity index (χ4v) is 3.57. The van der Waals surface area contributed by atoms with Gasteiger partial charge in [-0.2, -0.15) is 0 Å². The van der Waals surface area contributed by atoms with Crippen LogP contribution in [0.15, 0.2) is 47.4 Å². The third kappa shape index (κ3) is 4.88. The molecule has 0 spiro atoms. The molecule has 6 nitrogen and oxygen atoms in total. The first kappa shape index (κ1) is 20.5. The fourth-order valence-electron chi connectivity index (χ4n) is 1.85. The lowest BCUT2D eigenvalue weighted by atomic mass is 10.2. The summed E-state index contributed by atoms with van der Waals surface area (Å²) in [4.78, 5) is 24.1. The number of carbonyl (C=O) groups excluding carboxylic acids is 2. The van der Waals surface area contributed by atoms with Gasteiger partial charge in [0, 0.05) is 5.02 Å². The van der Waals surface area contributed by atoms with Crippen LogP contribution in [0.3, 0.4) is 0 Å². The summed E-state index contributed by atoms with van der Waals surface area (Å²) in [5.74, 6) is -1.98. The van der Waals surface area contributed by atoms with Crippen molar-refractivity contribution in [1.29, 1.82) is 0 Å². The molecule has 0 aliphatic heterocycles. The van der Waals surface area contributed by atoms with Gasteiger partial charge < -0.3 is 4.74 Å². The molecule has 2 rings (SSSR count). The van der Waals surface area contributed by atoms with Crippen molar-refractivity contribution in [3.05, 3.63) is 63.1 Å². The molecule has 0 heterocycles. The van der Waals surface area contributed by atoms with Crippen molar-refractivity contribution in [3.63, 3.8) is 0 Å². The van der Waals surface area contributed by atoms with Gasteiger partial charge in [-0.15, -0.1) is 0 Å². The van der Waals surface area contributed by atoms with Crippen LogP contribution < -0.4 is 4.72 Å². The van der Waals surface area contributed by atoms with Gasteiger partial charge in [0.1, 0.15) is 0 Å². The Balaban J connectivity index is 2.10. The molecule has 0 bridgehead atoms. The lowest BCUT2D eigenvalue weighted by Crippen LogP contribution is -2.39. The van der Waals surface area contributed by atoms with Crippen LogP contribution in [0.4, 0.5) is 0 Å². The SMILES string of the molecule is CC(OC(=O)c1c(Cl)cccc1Cl)C(=O)NS(=O)(=O)c1ccc(Cl)cc1. The molecule has 0 aliphatic rings. The van der Waals surface area contributed by atoms with E-state index in [-0.39, 0.29) is 20.5 Å². The van der Waals surface area contributed by atoms with Crippen LogP contribution in [0.1, 0.15) is 17.3 Å². The maximum atomic E-state index is 12.2. The number of benzene rings is 2. The zero-order valence-corrected chi connectivity index (χ0v) is 16.3. The lowest BCUT2D eigenvalue weighted by Gasteiger charge is -2.15. The molecule has 1 unspecified atom stereocenters. The highest BCUT2D eigenvalue weighted by Gasteiger charge is 2.26. The summed E-state index contributed by atoms with van der Waals surface area (Å²) < 4.78 is 31.1. The molecule has 0 fully saturated rings. The van der Waals surface area contributed by atoms with Crippen molar-refractivity contribution in [3.8, 4) is 0 Å². The smallest absolute Gasteiger partial charge is 0.341 e. The Hall–Kier alpha value is -1.80. The van der Waals surface area contributed by atoms with E-state index >= 15 is 0 Å². The van der Waals surface area contributed by atoms with Crippen molar-refractivity contribution in [2.24, 2.45) is 0 Å². The maximum Gasteiger partial charge on any atom is 0.341 e. The van der Waals surface area contributed by atoms with Gasteiger partial charge in [0.05, 0.1) is 20.5 Å². The van der Waals surface area contributed by atoms with E-state index in [0.717, 1.165) is 0 Å². The number of hydrogen-bond acceptors (Lipinski definition) is 5. The molecule has 0 saturated heterocycles. The molecule has 10 heteroatoms. The Morgan fingerprint density at radius 1 is 1.00 bits per heavy atom. The Bertz CT molecular complexity index is 925. The zero-order valence-electron chi connectivity index (χ0n) is 13.2. The number of nitrogens with one attached hydrogen (secondary N) is 1. The van der Waals surface area contributed by atoms with E-state index in [0.29, 0.717) is 5.02 Å². The molecule has 1 atom stereocenters. The minimum Gasteiger partial charge on any atom is -0.449 e. The summed E-state index contributed by atoms with van der Waals surface area (Å²) in [6.07, 6.45) is -1.41.